The normalized spacial score (nSPS) is 17.7. The van der Waals surface area contributed by atoms with E-state index in [0.717, 1.165) is 12.0 Å². The highest BCUT2D eigenvalue weighted by Crippen LogP contribution is 2.29. The van der Waals surface area contributed by atoms with E-state index in [4.69, 9.17) is 19.1 Å². The zero-order valence-electron chi connectivity index (χ0n) is 18.3. The van der Waals surface area contributed by atoms with E-state index in [1.165, 1.54) is 0 Å². The summed E-state index contributed by atoms with van der Waals surface area (Å²) in [6.45, 7) is 1.08. The molecule has 1 saturated heterocycles. The summed E-state index contributed by atoms with van der Waals surface area (Å²) in [5.41, 5.74) is 2.40. The minimum Gasteiger partial charge on any atom is -0.483 e. The maximum Gasteiger partial charge on any atom is 0.309 e. The van der Waals surface area contributed by atoms with Gasteiger partial charge >= 0.3 is 5.91 Å². The van der Waals surface area contributed by atoms with Crippen molar-refractivity contribution in [2.24, 2.45) is 0 Å². The number of piperidine rings is 1. The molecule has 0 bridgehead atoms. The summed E-state index contributed by atoms with van der Waals surface area (Å²) in [4.78, 5) is 39.8. The molecule has 9 heteroatoms. The van der Waals surface area contributed by atoms with E-state index in [1.807, 2.05) is 36.4 Å². The van der Waals surface area contributed by atoms with Gasteiger partial charge in [-0.05, 0) is 24.1 Å². The van der Waals surface area contributed by atoms with Crippen LogP contribution in [0.15, 0.2) is 59.0 Å². The molecule has 174 valence electrons. The van der Waals surface area contributed by atoms with Crippen LogP contribution in [-0.4, -0.2) is 66.1 Å². The summed E-state index contributed by atoms with van der Waals surface area (Å²) in [5.74, 6) is -0.128. The zero-order chi connectivity index (χ0) is 23.6. The van der Waals surface area contributed by atoms with Crippen molar-refractivity contribution in [1.82, 2.24) is 15.2 Å². The molecule has 1 aromatic heterocycles. The quantitative estimate of drug-likeness (QED) is 0.550. The third-order valence-corrected chi connectivity index (χ3v) is 5.48. The Kier molecular flexibility index (Phi) is 8.54. The van der Waals surface area contributed by atoms with Crippen molar-refractivity contribution >= 4 is 29.4 Å². The Morgan fingerprint density at radius 1 is 1.21 bits per heavy atom. The summed E-state index contributed by atoms with van der Waals surface area (Å²) in [7, 11) is 1.57. The second-order valence-corrected chi connectivity index (χ2v) is 7.57. The largest absolute Gasteiger partial charge is 0.483 e. The molecule has 2 aromatic carbocycles. The van der Waals surface area contributed by atoms with Gasteiger partial charge in [0.25, 0.3) is 12.4 Å². The number of carbonyl (C=O) groups excluding carboxylic acids is 2. The van der Waals surface area contributed by atoms with Gasteiger partial charge in [-0.25, -0.2) is 4.98 Å². The minimum atomic E-state index is -0.256. The molecular weight excluding hydrogens is 426 g/mol. The van der Waals surface area contributed by atoms with Gasteiger partial charge in [0.05, 0.1) is 12.6 Å². The van der Waals surface area contributed by atoms with E-state index in [-0.39, 0.29) is 42.6 Å². The number of para-hydroxylation sites is 2. The molecule has 1 aliphatic heterocycles. The van der Waals surface area contributed by atoms with Crippen LogP contribution in [0.2, 0.25) is 0 Å². The number of nitrogens with one attached hydrogen (secondary N) is 1. The third kappa shape index (κ3) is 6.17. The molecular formula is C24H27N3O6. The van der Waals surface area contributed by atoms with Gasteiger partial charge in [-0.2, -0.15) is 0 Å². The van der Waals surface area contributed by atoms with Gasteiger partial charge in [0.2, 0.25) is 5.91 Å². The van der Waals surface area contributed by atoms with Crippen molar-refractivity contribution in [3.05, 3.63) is 66.1 Å². The lowest BCUT2D eigenvalue weighted by atomic mass is 9.85. The van der Waals surface area contributed by atoms with Crippen molar-refractivity contribution in [3.8, 4) is 0 Å². The Morgan fingerprint density at radius 3 is 2.61 bits per heavy atom. The fourth-order valence-corrected chi connectivity index (χ4v) is 3.95. The molecule has 0 spiro atoms. The van der Waals surface area contributed by atoms with Crippen molar-refractivity contribution in [3.63, 3.8) is 0 Å². The van der Waals surface area contributed by atoms with Gasteiger partial charge in [-0.3, -0.25) is 14.4 Å². The number of methoxy groups -OCH3 is 1. The van der Waals surface area contributed by atoms with Crippen LogP contribution in [0.4, 0.5) is 0 Å². The molecule has 3 aromatic rings. The number of aromatic nitrogens is 1. The van der Waals surface area contributed by atoms with Crippen molar-refractivity contribution in [2.45, 2.75) is 24.8 Å². The van der Waals surface area contributed by atoms with E-state index in [1.54, 1.807) is 18.1 Å². The van der Waals surface area contributed by atoms with Crippen LogP contribution >= 0.6 is 0 Å². The van der Waals surface area contributed by atoms with Gasteiger partial charge < -0.3 is 24.5 Å². The molecule has 2 heterocycles. The van der Waals surface area contributed by atoms with Crippen LogP contribution in [0.1, 0.15) is 35.0 Å². The van der Waals surface area contributed by atoms with E-state index >= 15 is 0 Å². The average molecular weight is 453 g/mol. The summed E-state index contributed by atoms with van der Waals surface area (Å²) in [5, 5.41) is 9.99. The van der Waals surface area contributed by atoms with Crippen LogP contribution in [0.5, 0.6) is 0 Å². The number of likely N-dealkylation sites (tertiary alicyclic amines) is 1. The molecule has 2 amide bonds. The number of benzene rings is 2. The predicted molar refractivity (Wildman–Crippen MR) is 121 cm³/mol. The number of rotatable bonds is 6. The Balaban J connectivity index is 0.000000968. The summed E-state index contributed by atoms with van der Waals surface area (Å²) >= 11 is 0. The minimum absolute atomic E-state index is 0.0822. The SMILES string of the molecule is COCCC(=O)N[C@H]1CN(C(=O)c2nc3ccccc3o2)CC[C@H]1c1ccccc1.O=CO. The van der Waals surface area contributed by atoms with Crippen LogP contribution < -0.4 is 5.32 Å². The molecule has 0 aliphatic carbocycles. The number of hydrogen-bond donors (Lipinski definition) is 2. The van der Waals surface area contributed by atoms with Crippen molar-refractivity contribution in [1.29, 1.82) is 0 Å². The Hall–Kier alpha value is -3.72. The summed E-state index contributed by atoms with van der Waals surface area (Å²) in [6, 6.07) is 17.2. The molecule has 1 fully saturated rings. The fraction of sp³-hybridized carbons (Fsp3) is 0.333. The van der Waals surface area contributed by atoms with Gasteiger partial charge in [0.15, 0.2) is 5.58 Å². The van der Waals surface area contributed by atoms with Gasteiger partial charge in [0.1, 0.15) is 5.52 Å². The summed E-state index contributed by atoms with van der Waals surface area (Å²) in [6.07, 6.45) is 1.03. The van der Waals surface area contributed by atoms with Crippen molar-refractivity contribution < 1.29 is 28.6 Å². The second-order valence-electron chi connectivity index (χ2n) is 7.57. The number of carbonyl (C=O) groups is 3. The molecule has 0 unspecified atom stereocenters. The Labute approximate surface area is 191 Å². The van der Waals surface area contributed by atoms with Crippen LogP contribution in [0, 0.1) is 0 Å². The second kappa shape index (κ2) is 11.8. The number of amides is 2. The van der Waals surface area contributed by atoms with Crippen LogP contribution in [0.25, 0.3) is 11.1 Å². The lowest BCUT2D eigenvalue weighted by Gasteiger charge is -2.38. The number of carboxylic acid groups (broad SMARTS) is 1. The predicted octanol–water partition coefficient (Wildman–Crippen LogP) is 2.68. The third-order valence-electron chi connectivity index (χ3n) is 5.48. The molecule has 0 radical (unpaired) electrons. The highest BCUT2D eigenvalue weighted by Gasteiger charge is 2.35. The van der Waals surface area contributed by atoms with Gasteiger partial charge in [-0.1, -0.05) is 42.5 Å². The van der Waals surface area contributed by atoms with Gasteiger partial charge in [0, 0.05) is 32.5 Å². The molecule has 9 nitrogen and oxygen atoms in total. The topological polar surface area (TPSA) is 122 Å². The maximum absolute atomic E-state index is 13.1. The maximum atomic E-state index is 13.1. The van der Waals surface area contributed by atoms with E-state index in [0.29, 0.717) is 30.8 Å². The molecule has 2 N–H and O–H groups in total. The van der Waals surface area contributed by atoms with E-state index in [9.17, 15) is 9.59 Å². The number of fused-ring (bicyclic) bond motifs is 1. The first kappa shape index (κ1) is 23.9. The number of oxazole rings is 1. The van der Waals surface area contributed by atoms with E-state index < -0.39 is 0 Å². The molecule has 2 atom stereocenters. The number of hydrogen-bond acceptors (Lipinski definition) is 6. The molecule has 4 rings (SSSR count). The Morgan fingerprint density at radius 2 is 1.91 bits per heavy atom. The highest BCUT2D eigenvalue weighted by molar-refractivity contribution is 5.92. The molecule has 1 aliphatic rings. The first-order valence-electron chi connectivity index (χ1n) is 10.6. The standard InChI is InChI=1S/C23H25N3O4.CH2O2/c1-29-14-12-21(27)24-19-15-26(13-11-17(19)16-7-3-2-4-8-16)23(28)22-25-18-9-5-6-10-20(18)30-22;2-1-3/h2-10,17,19H,11-15H2,1H3,(H,24,27);1H,(H,2,3)/t17-,19-;/m0./s1. The zero-order valence-corrected chi connectivity index (χ0v) is 18.3. The smallest absolute Gasteiger partial charge is 0.309 e. The lowest BCUT2D eigenvalue weighted by Crippen LogP contribution is -2.53. The van der Waals surface area contributed by atoms with Gasteiger partial charge in [-0.15, -0.1) is 0 Å². The number of ether oxygens (including phenoxy) is 1. The highest BCUT2D eigenvalue weighted by atomic mass is 16.5. The molecule has 0 saturated carbocycles. The lowest BCUT2D eigenvalue weighted by molar-refractivity contribution is -0.123. The monoisotopic (exact) mass is 453 g/mol. The first-order chi connectivity index (χ1) is 16.1. The van der Waals surface area contributed by atoms with Crippen LogP contribution in [0.3, 0.4) is 0 Å². The Bertz CT molecular complexity index is 1040. The van der Waals surface area contributed by atoms with Crippen molar-refractivity contribution in [2.75, 3.05) is 26.8 Å². The van der Waals surface area contributed by atoms with Crippen LogP contribution in [-0.2, 0) is 14.3 Å². The summed E-state index contributed by atoms with van der Waals surface area (Å²) < 4.78 is 10.7. The molecule has 33 heavy (non-hydrogen) atoms. The van der Waals surface area contributed by atoms with E-state index in [2.05, 4.69) is 22.4 Å². The average Bonchev–Trinajstić information content (AvgIpc) is 3.28. The first-order valence-corrected chi connectivity index (χ1v) is 10.6. The number of nitrogens with zero attached hydrogens (tertiary/aromatic N) is 2. The fourth-order valence-electron chi connectivity index (χ4n) is 3.95.